The Morgan fingerprint density at radius 2 is 2.00 bits per heavy atom. The van der Waals surface area contributed by atoms with Crippen molar-refractivity contribution in [1.29, 1.82) is 0 Å². The Kier molecular flexibility index (Phi) is 5.88. The van der Waals surface area contributed by atoms with E-state index in [-0.39, 0.29) is 24.1 Å². The van der Waals surface area contributed by atoms with Crippen LogP contribution in [0, 0.1) is 5.82 Å². The summed E-state index contributed by atoms with van der Waals surface area (Å²) < 4.78 is 45.9. The average molecular weight is 388 g/mol. The molecule has 1 unspecified atom stereocenters. The predicted octanol–water partition coefficient (Wildman–Crippen LogP) is 1.19. The Labute approximate surface area is 153 Å². The molecule has 0 bridgehead atoms. The molecule has 2 aliphatic rings. The molecule has 2 heterocycles. The average Bonchev–Trinajstić information content (AvgIpc) is 3.13. The summed E-state index contributed by atoms with van der Waals surface area (Å²) in [5, 5.41) is 3.80. The molecule has 0 spiro atoms. The lowest BCUT2D eigenvalue weighted by Crippen LogP contribution is -2.53. The molecule has 138 valence electrons. The molecular weight excluding hydrogens is 365 g/mol. The first-order chi connectivity index (χ1) is 12.0. The van der Waals surface area contributed by atoms with Gasteiger partial charge in [-0.3, -0.25) is 0 Å². The largest absolute Gasteiger partial charge is 0.376 e. The molecule has 0 aliphatic carbocycles. The van der Waals surface area contributed by atoms with Gasteiger partial charge in [-0.05, 0) is 37.2 Å². The highest BCUT2D eigenvalue weighted by Crippen LogP contribution is 2.20. The fourth-order valence-electron chi connectivity index (χ4n) is 3.04. The van der Waals surface area contributed by atoms with Crippen molar-refractivity contribution in [2.24, 2.45) is 0 Å². The number of hydrogen-bond donors (Lipinski definition) is 1. The number of ether oxygens (including phenoxy) is 1. The van der Waals surface area contributed by atoms with Crippen molar-refractivity contribution in [2.45, 2.75) is 23.8 Å². The van der Waals surface area contributed by atoms with Crippen LogP contribution in [-0.2, 0) is 14.8 Å². The van der Waals surface area contributed by atoms with Crippen molar-refractivity contribution < 1.29 is 17.5 Å². The molecule has 1 N–H and O–H groups in total. The predicted molar refractivity (Wildman–Crippen MR) is 96.3 cm³/mol. The van der Waals surface area contributed by atoms with E-state index in [0.29, 0.717) is 24.7 Å². The van der Waals surface area contributed by atoms with Gasteiger partial charge in [-0.1, -0.05) is 12.1 Å². The minimum atomic E-state index is -3.82. The third kappa shape index (κ3) is 4.28. The van der Waals surface area contributed by atoms with Gasteiger partial charge in [0.2, 0.25) is 10.0 Å². The zero-order valence-electron chi connectivity index (χ0n) is 13.9. The van der Waals surface area contributed by atoms with E-state index in [9.17, 15) is 12.8 Å². The summed E-state index contributed by atoms with van der Waals surface area (Å²) >= 11 is 5.39. The molecule has 9 heteroatoms. The van der Waals surface area contributed by atoms with E-state index in [1.54, 1.807) is 0 Å². The number of nitrogens with one attached hydrogen (secondary N) is 1. The Morgan fingerprint density at radius 1 is 1.28 bits per heavy atom. The van der Waals surface area contributed by atoms with Crippen LogP contribution in [0.3, 0.4) is 0 Å². The monoisotopic (exact) mass is 387 g/mol. The zero-order chi connectivity index (χ0) is 17.9. The molecule has 25 heavy (non-hydrogen) atoms. The fraction of sp³-hybridized carbons (Fsp3) is 0.562. The van der Waals surface area contributed by atoms with E-state index in [4.69, 9.17) is 17.0 Å². The second-order valence-corrected chi connectivity index (χ2v) is 8.44. The van der Waals surface area contributed by atoms with Gasteiger partial charge < -0.3 is 15.0 Å². The van der Waals surface area contributed by atoms with Crippen LogP contribution in [0.15, 0.2) is 29.2 Å². The third-order valence-electron chi connectivity index (χ3n) is 4.49. The quantitative estimate of drug-likeness (QED) is 0.783. The Hall–Kier alpha value is -1.29. The lowest BCUT2D eigenvalue weighted by Gasteiger charge is -2.35. The molecule has 1 aromatic rings. The Bertz CT molecular complexity index is 715. The maximum absolute atomic E-state index is 13.8. The Balaban J connectivity index is 1.54. The Morgan fingerprint density at radius 3 is 2.64 bits per heavy atom. The molecule has 0 aromatic heterocycles. The lowest BCUT2D eigenvalue weighted by atomic mass is 10.2. The summed E-state index contributed by atoms with van der Waals surface area (Å²) in [6, 6.07) is 5.46. The number of sulfonamides is 1. The van der Waals surface area contributed by atoms with Crippen molar-refractivity contribution in [1.82, 2.24) is 14.5 Å². The molecule has 2 aliphatic heterocycles. The normalized spacial score (nSPS) is 22.1. The second-order valence-electron chi connectivity index (χ2n) is 6.14. The second kappa shape index (κ2) is 7.94. The van der Waals surface area contributed by atoms with Crippen LogP contribution < -0.4 is 5.32 Å². The summed E-state index contributed by atoms with van der Waals surface area (Å²) in [5.74, 6) is -0.723. The van der Waals surface area contributed by atoms with Crippen LogP contribution in [-0.4, -0.2) is 68.2 Å². The maximum atomic E-state index is 13.8. The summed E-state index contributed by atoms with van der Waals surface area (Å²) in [6.07, 6.45) is 2.30. The van der Waals surface area contributed by atoms with Crippen molar-refractivity contribution in [3.05, 3.63) is 30.1 Å². The van der Waals surface area contributed by atoms with Crippen LogP contribution >= 0.6 is 12.2 Å². The lowest BCUT2D eigenvalue weighted by molar-refractivity contribution is 0.113. The molecule has 2 saturated heterocycles. The van der Waals surface area contributed by atoms with E-state index in [1.165, 1.54) is 22.5 Å². The summed E-state index contributed by atoms with van der Waals surface area (Å²) in [7, 11) is -3.82. The topological polar surface area (TPSA) is 61.9 Å². The number of rotatable bonds is 4. The molecule has 2 fully saturated rings. The smallest absolute Gasteiger partial charge is 0.246 e. The van der Waals surface area contributed by atoms with Crippen molar-refractivity contribution >= 4 is 27.4 Å². The molecule has 1 atom stereocenters. The van der Waals surface area contributed by atoms with Crippen LogP contribution in [0.1, 0.15) is 12.8 Å². The molecular formula is C16H22FN3O3S2. The number of halogens is 1. The summed E-state index contributed by atoms with van der Waals surface area (Å²) in [5.41, 5.74) is 0. The van der Waals surface area contributed by atoms with Gasteiger partial charge in [0.1, 0.15) is 10.7 Å². The van der Waals surface area contributed by atoms with Crippen LogP contribution in [0.2, 0.25) is 0 Å². The van der Waals surface area contributed by atoms with Gasteiger partial charge in [0.25, 0.3) is 0 Å². The number of thiocarbonyl (C=S) groups is 1. The van der Waals surface area contributed by atoms with Crippen LogP contribution in [0.25, 0.3) is 0 Å². The molecule has 0 amide bonds. The van der Waals surface area contributed by atoms with Gasteiger partial charge in [0.15, 0.2) is 5.11 Å². The number of benzene rings is 1. The highest BCUT2D eigenvalue weighted by Gasteiger charge is 2.31. The van der Waals surface area contributed by atoms with E-state index in [0.717, 1.165) is 25.5 Å². The SMILES string of the molecule is O=S(=O)(c1ccccc1F)N1CCN(C(=S)NCC2CCCO2)CC1. The van der Waals surface area contributed by atoms with E-state index in [1.807, 2.05) is 4.90 Å². The zero-order valence-corrected chi connectivity index (χ0v) is 15.5. The first-order valence-corrected chi connectivity index (χ1v) is 10.2. The first kappa shape index (κ1) is 18.5. The minimum absolute atomic E-state index is 0.195. The first-order valence-electron chi connectivity index (χ1n) is 8.37. The molecule has 6 nitrogen and oxygen atoms in total. The van der Waals surface area contributed by atoms with Gasteiger partial charge in [-0.15, -0.1) is 0 Å². The summed E-state index contributed by atoms with van der Waals surface area (Å²) in [6.45, 7) is 2.98. The molecule has 1 aromatic carbocycles. The van der Waals surface area contributed by atoms with E-state index >= 15 is 0 Å². The van der Waals surface area contributed by atoms with Gasteiger partial charge in [-0.2, -0.15) is 4.31 Å². The number of hydrogen-bond acceptors (Lipinski definition) is 4. The van der Waals surface area contributed by atoms with Gasteiger partial charge in [-0.25, -0.2) is 12.8 Å². The van der Waals surface area contributed by atoms with E-state index < -0.39 is 15.8 Å². The summed E-state index contributed by atoms with van der Waals surface area (Å²) in [4.78, 5) is 1.67. The van der Waals surface area contributed by atoms with Crippen LogP contribution in [0.5, 0.6) is 0 Å². The van der Waals surface area contributed by atoms with Gasteiger partial charge in [0.05, 0.1) is 6.10 Å². The van der Waals surface area contributed by atoms with Gasteiger partial charge >= 0.3 is 0 Å². The maximum Gasteiger partial charge on any atom is 0.246 e. The standard InChI is InChI=1S/C16H22FN3O3S2/c17-14-5-1-2-6-15(14)25(21,22)20-9-7-19(8-10-20)16(24)18-12-13-4-3-11-23-13/h1-2,5-6,13H,3-4,7-12H2,(H,18,24). The fourth-order valence-corrected chi connectivity index (χ4v) is 4.80. The van der Waals surface area contributed by atoms with Crippen LogP contribution in [0.4, 0.5) is 4.39 Å². The van der Waals surface area contributed by atoms with E-state index in [2.05, 4.69) is 5.32 Å². The van der Waals surface area contributed by atoms with Gasteiger partial charge in [0, 0.05) is 39.3 Å². The molecule has 0 saturated carbocycles. The van der Waals surface area contributed by atoms with Crippen molar-refractivity contribution in [3.8, 4) is 0 Å². The highest BCUT2D eigenvalue weighted by atomic mass is 32.2. The van der Waals surface area contributed by atoms with Crippen molar-refractivity contribution in [2.75, 3.05) is 39.3 Å². The number of piperazine rings is 1. The highest BCUT2D eigenvalue weighted by molar-refractivity contribution is 7.89. The van der Waals surface area contributed by atoms with Crippen molar-refractivity contribution in [3.63, 3.8) is 0 Å². The molecule has 0 radical (unpaired) electrons. The molecule has 3 rings (SSSR count). The third-order valence-corrected chi connectivity index (χ3v) is 6.82. The minimum Gasteiger partial charge on any atom is -0.376 e. The number of nitrogens with zero attached hydrogens (tertiary/aromatic N) is 2.